The Morgan fingerprint density at radius 1 is 1.33 bits per heavy atom. The molecule has 4 N–H and O–H groups in total. The van der Waals surface area contributed by atoms with Crippen molar-refractivity contribution in [1.82, 2.24) is 10.3 Å². The molecule has 0 unspecified atom stereocenters. The minimum absolute atomic E-state index is 0.130. The van der Waals surface area contributed by atoms with Gasteiger partial charge in [-0.3, -0.25) is 5.43 Å². The Balaban J connectivity index is 2.81. The fourth-order valence-corrected chi connectivity index (χ4v) is 2.42. The number of sulfonamides is 1. The molecule has 0 spiro atoms. The predicted molar refractivity (Wildman–Crippen MR) is 75.2 cm³/mol. The number of hydrogen-bond acceptors (Lipinski definition) is 3. The highest BCUT2D eigenvalue weighted by molar-refractivity contribution is 7.89. The number of benzene rings is 1. The molecule has 100 valence electrons. The van der Waals surface area contributed by atoms with Crippen molar-refractivity contribution < 1.29 is 8.42 Å². The van der Waals surface area contributed by atoms with Crippen LogP contribution in [0.15, 0.2) is 29.2 Å². The van der Waals surface area contributed by atoms with Crippen molar-refractivity contribution in [2.24, 2.45) is 11.7 Å². The van der Waals surface area contributed by atoms with Crippen molar-refractivity contribution >= 4 is 27.4 Å². The van der Waals surface area contributed by atoms with Gasteiger partial charge in [-0.1, -0.05) is 26.0 Å². The van der Waals surface area contributed by atoms with E-state index in [9.17, 15) is 8.42 Å². The van der Waals surface area contributed by atoms with Crippen molar-refractivity contribution in [2.45, 2.75) is 25.2 Å². The summed E-state index contributed by atoms with van der Waals surface area (Å²) in [5, 5.41) is -0.130. The molecule has 1 aromatic carbocycles. The highest BCUT2D eigenvalue weighted by Gasteiger charge is 2.13. The molecule has 0 aliphatic rings. The molecule has 0 aromatic heterocycles. The van der Waals surface area contributed by atoms with Crippen LogP contribution in [0.3, 0.4) is 0 Å². The Morgan fingerprint density at radius 3 is 2.33 bits per heavy atom. The number of nitrogens with one attached hydrogen (secondary N) is 2. The lowest BCUT2D eigenvalue weighted by atomic mass is 10.0. The summed E-state index contributed by atoms with van der Waals surface area (Å²) in [6.07, 6.45) is 0.916. The highest BCUT2D eigenvalue weighted by atomic mass is 32.2. The van der Waals surface area contributed by atoms with Gasteiger partial charge in [-0.05, 0) is 42.3 Å². The molecular formula is C11H17N3O2S2. The Kier molecular flexibility index (Phi) is 5.06. The lowest BCUT2D eigenvalue weighted by molar-refractivity contribution is 0.577. The second-order valence-corrected chi connectivity index (χ2v) is 6.46. The van der Waals surface area contributed by atoms with Gasteiger partial charge >= 0.3 is 0 Å². The molecule has 0 aliphatic carbocycles. The third-order valence-corrected chi connectivity index (χ3v) is 3.55. The summed E-state index contributed by atoms with van der Waals surface area (Å²) in [5.41, 5.74) is 8.46. The average Bonchev–Trinajstić information content (AvgIpc) is 2.26. The zero-order valence-corrected chi connectivity index (χ0v) is 11.9. The van der Waals surface area contributed by atoms with E-state index >= 15 is 0 Å². The molecule has 0 amide bonds. The Labute approximate surface area is 113 Å². The molecule has 0 fully saturated rings. The molecule has 0 radical (unpaired) electrons. The van der Waals surface area contributed by atoms with Gasteiger partial charge in [0.25, 0.3) is 10.0 Å². The average molecular weight is 287 g/mol. The van der Waals surface area contributed by atoms with E-state index in [2.05, 4.69) is 36.3 Å². The molecule has 0 bridgehead atoms. The van der Waals surface area contributed by atoms with E-state index in [4.69, 9.17) is 5.73 Å². The van der Waals surface area contributed by atoms with Crippen LogP contribution in [0.1, 0.15) is 19.4 Å². The highest BCUT2D eigenvalue weighted by Crippen LogP contribution is 2.13. The summed E-state index contributed by atoms with van der Waals surface area (Å²) in [4.78, 5) is 2.26. The molecule has 0 aliphatic heterocycles. The van der Waals surface area contributed by atoms with Gasteiger partial charge in [-0.25, -0.2) is 8.42 Å². The van der Waals surface area contributed by atoms with Crippen molar-refractivity contribution in [3.05, 3.63) is 29.8 Å². The SMILES string of the molecule is CC(C)Cc1ccc(S(=O)(=O)NNC(N)=S)cc1. The molecular weight excluding hydrogens is 270 g/mol. The first-order valence-corrected chi connectivity index (χ1v) is 7.36. The molecule has 0 saturated carbocycles. The summed E-state index contributed by atoms with van der Waals surface area (Å²) in [7, 11) is -3.63. The molecule has 7 heteroatoms. The van der Waals surface area contributed by atoms with Gasteiger partial charge in [-0.2, -0.15) is 0 Å². The molecule has 1 aromatic rings. The Bertz CT molecular complexity index is 510. The predicted octanol–water partition coefficient (Wildman–Crippen LogP) is 0.912. The third kappa shape index (κ3) is 4.59. The maximum atomic E-state index is 11.8. The number of hydrogen-bond donors (Lipinski definition) is 3. The van der Waals surface area contributed by atoms with Gasteiger partial charge in [0.2, 0.25) is 0 Å². The van der Waals surface area contributed by atoms with E-state index in [0.29, 0.717) is 5.92 Å². The third-order valence-electron chi connectivity index (χ3n) is 2.19. The number of nitrogens with two attached hydrogens (primary N) is 1. The van der Waals surface area contributed by atoms with Crippen LogP contribution in [0.4, 0.5) is 0 Å². The Hall–Kier alpha value is -1.18. The molecule has 0 heterocycles. The minimum Gasteiger partial charge on any atom is -0.375 e. The molecule has 1 rings (SSSR count). The maximum Gasteiger partial charge on any atom is 0.257 e. The zero-order chi connectivity index (χ0) is 13.8. The topological polar surface area (TPSA) is 84.2 Å². The van der Waals surface area contributed by atoms with Crippen molar-refractivity contribution in [3.63, 3.8) is 0 Å². The van der Waals surface area contributed by atoms with E-state index in [1.807, 2.05) is 0 Å². The summed E-state index contributed by atoms with van der Waals surface area (Å²) >= 11 is 4.52. The van der Waals surface area contributed by atoms with Gasteiger partial charge in [0.1, 0.15) is 0 Å². The second-order valence-electron chi connectivity index (χ2n) is 4.34. The molecule has 5 nitrogen and oxygen atoms in total. The fraction of sp³-hybridized carbons (Fsp3) is 0.364. The fourth-order valence-electron chi connectivity index (χ4n) is 1.45. The van der Waals surface area contributed by atoms with Gasteiger partial charge in [0.05, 0.1) is 4.90 Å². The number of rotatable bonds is 5. The van der Waals surface area contributed by atoms with E-state index < -0.39 is 10.0 Å². The summed E-state index contributed by atoms with van der Waals surface area (Å²) in [6, 6.07) is 6.72. The quantitative estimate of drug-likeness (QED) is 0.554. The first-order chi connectivity index (χ1) is 8.31. The number of hydrazine groups is 1. The van der Waals surface area contributed by atoms with Crippen molar-refractivity contribution in [2.75, 3.05) is 0 Å². The van der Waals surface area contributed by atoms with E-state index in [1.54, 1.807) is 24.3 Å². The van der Waals surface area contributed by atoms with Crippen molar-refractivity contribution in [1.29, 1.82) is 0 Å². The Morgan fingerprint density at radius 2 is 1.89 bits per heavy atom. The van der Waals surface area contributed by atoms with Crippen LogP contribution >= 0.6 is 12.2 Å². The lowest BCUT2D eigenvalue weighted by Crippen LogP contribution is -2.44. The van der Waals surface area contributed by atoms with E-state index in [-0.39, 0.29) is 10.0 Å². The number of thiocarbonyl (C=S) groups is 1. The monoisotopic (exact) mass is 287 g/mol. The van der Waals surface area contributed by atoms with Gasteiger partial charge in [0.15, 0.2) is 5.11 Å². The van der Waals surface area contributed by atoms with Gasteiger partial charge in [-0.15, -0.1) is 4.83 Å². The van der Waals surface area contributed by atoms with E-state index in [1.165, 1.54) is 0 Å². The normalized spacial score (nSPS) is 11.5. The maximum absolute atomic E-state index is 11.8. The first-order valence-electron chi connectivity index (χ1n) is 5.47. The van der Waals surface area contributed by atoms with Crippen LogP contribution < -0.4 is 16.0 Å². The van der Waals surface area contributed by atoms with Crippen LogP contribution in [0, 0.1) is 5.92 Å². The first kappa shape index (κ1) is 14.9. The van der Waals surface area contributed by atoms with Gasteiger partial charge < -0.3 is 5.73 Å². The minimum atomic E-state index is -3.63. The largest absolute Gasteiger partial charge is 0.375 e. The summed E-state index contributed by atoms with van der Waals surface area (Å²) in [6.45, 7) is 4.22. The summed E-state index contributed by atoms with van der Waals surface area (Å²) in [5.74, 6) is 0.530. The van der Waals surface area contributed by atoms with Crippen LogP contribution in [-0.2, 0) is 16.4 Å². The molecule has 0 atom stereocenters. The second kappa shape index (κ2) is 6.12. The zero-order valence-electron chi connectivity index (χ0n) is 10.3. The van der Waals surface area contributed by atoms with Gasteiger partial charge in [0, 0.05) is 0 Å². The smallest absolute Gasteiger partial charge is 0.257 e. The van der Waals surface area contributed by atoms with Crippen LogP contribution in [-0.4, -0.2) is 13.5 Å². The molecule has 18 heavy (non-hydrogen) atoms. The van der Waals surface area contributed by atoms with Crippen LogP contribution in [0.5, 0.6) is 0 Å². The standard InChI is InChI=1S/C11H17N3O2S2/c1-8(2)7-9-3-5-10(6-4-9)18(15,16)14-13-11(12)17/h3-6,8,14H,7H2,1-2H3,(H3,12,13,17). The molecule has 0 saturated heterocycles. The summed E-state index contributed by atoms with van der Waals surface area (Å²) < 4.78 is 23.6. The van der Waals surface area contributed by atoms with Crippen LogP contribution in [0.25, 0.3) is 0 Å². The van der Waals surface area contributed by atoms with E-state index in [0.717, 1.165) is 12.0 Å². The van der Waals surface area contributed by atoms with Crippen LogP contribution in [0.2, 0.25) is 0 Å². The van der Waals surface area contributed by atoms with Crippen molar-refractivity contribution in [3.8, 4) is 0 Å². The lowest BCUT2D eigenvalue weighted by Gasteiger charge is -2.09.